The number of carbonyl (C=O) groups excluding carboxylic acids is 1. The highest BCUT2D eigenvalue weighted by molar-refractivity contribution is 6.06. The van der Waals surface area contributed by atoms with E-state index >= 15 is 0 Å². The molecule has 1 unspecified atom stereocenters. The number of allylic oxidation sites excluding steroid dienone is 3. The van der Waals surface area contributed by atoms with Crippen molar-refractivity contribution in [3.05, 3.63) is 89.9 Å². The number of guanidine groups is 1. The van der Waals surface area contributed by atoms with Gasteiger partial charge in [-0.1, -0.05) is 19.1 Å². The van der Waals surface area contributed by atoms with Crippen molar-refractivity contribution in [2.45, 2.75) is 20.3 Å². The Balaban J connectivity index is 1.38. The lowest BCUT2D eigenvalue weighted by molar-refractivity contribution is -0.113. The Bertz CT molecular complexity index is 1720. The second-order valence-corrected chi connectivity index (χ2v) is 9.95. The van der Waals surface area contributed by atoms with Crippen LogP contribution in [0.4, 0.5) is 22.7 Å². The number of rotatable bonds is 9. The van der Waals surface area contributed by atoms with Crippen LogP contribution in [0.3, 0.4) is 0 Å². The van der Waals surface area contributed by atoms with Crippen LogP contribution in [0.2, 0.25) is 0 Å². The molecule has 1 amide bonds. The first-order valence-electron chi connectivity index (χ1n) is 13.4. The molecule has 1 atom stereocenters. The molecule has 42 heavy (non-hydrogen) atoms. The normalized spacial score (nSPS) is 14.4. The van der Waals surface area contributed by atoms with Gasteiger partial charge in [0.15, 0.2) is 5.96 Å². The van der Waals surface area contributed by atoms with Crippen LogP contribution >= 0.6 is 0 Å². The molecule has 0 radical (unpaired) electrons. The van der Waals surface area contributed by atoms with Gasteiger partial charge in [-0.05, 0) is 61.7 Å². The molecule has 11 nitrogen and oxygen atoms in total. The van der Waals surface area contributed by atoms with Gasteiger partial charge in [-0.25, -0.2) is 9.51 Å². The van der Waals surface area contributed by atoms with Gasteiger partial charge in [-0.15, -0.1) is 0 Å². The average molecular weight is 567 g/mol. The highest BCUT2D eigenvalue weighted by Gasteiger charge is 2.23. The number of hydrogen-bond acceptors (Lipinski definition) is 7. The topological polar surface area (TPSA) is 153 Å². The minimum atomic E-state index is -0.184. The van der Waals surface area contributed by atoms with Crippen molar-refractivity contribution >= 4 is 40.1 Å². The molecule has 0 spiro atoms. The summed E-state index contributed by atoms with van der Waals surface area (Å²) in [6, 6.07) is 15.1. The average Bonchev–Trinajstić information content (AvgIpc) is 3.29. The Hall–Kier alpha value is -5.45. The quantitative estimate of drug-likeness (QED) is 0.135. The number of methoxy groups -OCH3 is 1. The van der Waals surface area contributed by atoms with Crippen molar-refractivity contribution in [2.24, 2.45) is 22.4 Å². The number of carbonyl (C=O) groups is 1. The van der Waals surface area contributed by atoms with Crippen LogP contribution in [0.5, 0.6) is 17.2 Å². The van der Waals surface area contributed by atoms with Gasteiger partial charge in [0.1, 0.15) is 17.2 Å². The van der Waals surface area contributed by atoms with Crippen LogP contribution in [0, 0.1) is 12.8 Å². The molecule has 0 aliphatic heterocycles. The second-order valence-electron chi connectivity index (χ2n) is 9.95. The number of ether oxygens (including phenoxy) is 2. The first-order valence-corrected chi connectivity index (χ1v) is 13.4. The molecule has 0 saturated carbocycles. The molecule has 2 heterocycles. The van der Waals surface area contributed by atoms with Gasteiger partial charge in [0.05, 0.1) is 42.1 Å². The number of aryl methyl sites for hydroxylation is 1. The molecule has 2 aromatic carbocycles. The fourth-order valence-corrected chi connectivity index (χ4v) is 4.87. The summed E-state index contributed by atoms with van der Waals surface area (Å²) in [6.07, 6.45) is 7.66. The van der Waals surface area contributed by atoms with E-state index in [4.69, 9.17) is 20.9 Å². The number of aliphatic imine (C=N–C) groups is 1. The van der Waals surface area contributed by atoms with E-state index in [0.29, 0.717) is 29.2 Å². The number of aromatic nitrogens is 2. The molecule has 4 aromatic rings. The largest absolute Gasteiger partial charge is 0.497 e. The number of nitrogens with one attached hydrogen (secondary N) is 3. The maximum atomic E-state index is 13.3. The zero-order valence-electron chi connectivity index (χ0n) is 23.9. The monoisotopic (exact) mass is 566 g/mol. The standard InChI is InChI=1S/C31H34N8O3/c1-18-14-21(37-31(32)33)10-13-25(18)30(40)38-27-17-39-29(19(27)2)28(26(34-3)16-35-39)36-20-8-11-22(12-9-20)42-24-7-5-6-23(15-24)41-4/h5-13,15-18,34,36H,14H2,1-4H3,(H,38,40)(H4,32,33,37). The first kappa shape index (κ1) is 28.1. The number of hydrogen-bond donors (Lipinski definition) is 5. The van der Waals surface area contributed by atoms with E-state index < -0.39 is 0 Å². The Morgan fingerprint density at radius 1 is 1.07 bits per heavy atom. The smallest absolute Gasteiger partial charge is 0.251 e. The minimum Gasteiger partial charge on any atom is -0.497 e. The fourth-order valence-electron chi connectivity index (χ4n) is 4.87. The second kappa shape index (κ2) is 12.0. The maximum Gasteiger partial charge on any atom is 0.251 e. The molecular formula is C31H34N8O3. The van der Waals surface area contributed by atoms with E-state index in [-0.39, 0.29) is 17.8 Å². The fraction of sp³-hybridized carbons (Fsp3) is 0.194. The summed E-state index contributed by atoms with van der Waals surface area (Å²) in [4.78, 5) is 17.4. The lowest BCUT2D eigenvalue weighted by Crippen LogP contribution is -2.24. The zero-order valence-corrected chi connectivity index (χ0v) is 23.9. The molecule has 0 bridgehead atoms. The molecule has 11 heteroatoms. The molecular weight excluding hydrogens is 532 g/mol. The van der Waals surface area contributed by atoms with Gasteiger partial charge in [-0.2, -0.15) is 5.10 Å². The number of amides is 1. The third kappa shape index (κ3) is 5.99. The molecule has 1 aliphatic rings. The third-order valence-electron chi connectivity index (χ3n) is 7.01. The summed E-state index contributed by atoms with van der Waals surface area (Å²) in [7, 11) is 3.46. The van der Waals surface area contributed by atoms with Gasteiger partial charge in [0.25, 0.3) is 5.91 Å². The van der Waals surface area contributed by atoms with Gasteiger partial charge >= 0.3 is 0 Å². The summed E-state index contributed by atoms with van der Waals surface area (Å²) in [5, 5.41) is 14.3. The Kier molecular flexibility index (Phi) is 8.00. The number of anilines is 4. The van der Waals surface area contributed by atoms with Crippen LogP contribution in [-0.2, 0) is 4.79 Å². The molecule has 5 rings (SSSR count). The highest BCUT2D eigenvalue weighted by atomic mass is 16.5. The minimum absolute atomic E-state index is 0.00114. The zero-order chi connectivity index (χ0) is 29.8. The third-order valence-corrected chi connectivity index (χ3v) is 7.01. The van der Waals surface area contributed by atoms with E-state index in [2.05, 4.69) is 26.0 Å². The number of fused-ring (bicyclic) bond motifs is 1. The molecule has 7 N–H and O–H groups in total. The molecule has 0 saturated heterocycles. The van der Waals surface area contributed by atoms with Crippen LogP contribution in [0.1, 0.15) is 18.9 Å². The lowest BCUT2D eigenvalue weighted by atomic mass is 9.91. The van der Waals surface area contributed by atoms with E-state index in [1.165, 1.54) is 0 Å². The summed E-state index contributed by atoms with van der Waals surface area (Å²) >= 11 is 0. The van der Waals surface area contributed by atoms with Crippen molar-refractivity contribution in [3.63, 3.8) is 0 Å². The number of nitrogens with two attached hydrogens (primary N) is 2. The van der Waals surface area contributed by atoms with E-state index in [0.717, 1.165) is 39.6 Å². The Morgan fingerprint density at radius 3 is 2.52 bits per heavy atom. The van der Waals surface area contributed by atoms with Crippen LogP contribution in [-0.4, -0.2) is 35.6 Å². The predicted octanol–water partition coefficient (Wildman–Crippen LogP) is 5.29. The van der Waals surface area contributed by atoms with Crippen molar-refractivity contribution < 1.29 is 14.3 Å². The maximum absolute atomic E-state index is 13.3. The Labute approximate surface area is 243 Å². The highest BCUT2D eigenvalue weighted by Crippen LogP contribution is 2.36. The Morgan fingerprint density at radius 2 is 1.83 bits per heavy atom. The summed E-state index contributed by atoms with van der Waals surface area (Å²) in [6.45, 7) is 3.93. The number of nitrogens with zero attached hydrogens (tertiary/aromatic N) is 3. The van der Waals surface area contributed by atoms with Gasteiger partial charge in [0, 0.05) is 35.6 Å². The van der Waals surface area contributed by atoms with Crippen LogP contribution in [0.15, 0.2) is 89.3 Å². The molecule has 0 fully saturated rings. The van der Waals surface area contributed by atoms with E-state index in [1.807, 2.05) is 75.6 Å². The van der Waals surface area contributed by atoms with Gasteiger partial charge in [-0.3, -0.25) is 4.79 Å². The molecule has 2 aromatic heterocycles. The van der Waals surface area contributed by atoms with Crippen molar-refractivity contribution in [2.75, 3.05) is 30.1 Å². The van der Waals surface area contributed by atoms with Crippen LogP contribution in [0.25, 0.3) is 5.52 Å². The van der Waals surface area contributed by atoms with Gasteiger partial charge < -0.3 is 36.9 Å². The molecule has 216 valence electrons. The predicted molar refractivity (Wildman–Crippen MR) is 167 cm³/mol. The van der Waals surface area contributed by atoms with Crippen molar-refractivity contribution in [1.29, 1.82) is 0 Å². The van der Waals surface area contributed by atoms with Crippen LogP contribution < -0.4 is 36.9 Å². The summed E-state index contributed by atoms with van der Waals surface area (Å²) < 4.78 is 13.0. The van der Waals surface area contributed by atoms with Gasteiger partial charge in [0.2, 0.25) is 0 Å². The summed E-state index contributed by atoms with van der Waals surface area (Å²) in [5.41, 5.74) is 17.2. The van der Waals surface area contributed by atoms with Crippen molar-refractivity contribution in [3.8, 4) is 17.2 Å². The van der Waals surface area contributed by atoms with E-state index in [9.17, 15) is 4.79 Å². The lowest BCUT2D eigenvalue weighted by Gasteiger charge is -2.19. The molecule has 1 aliphatic carbocycles. The number of benzene rings is 2. The van der Waals surface area contributed by atoms with Crippen molar-refractivity contribution in [1.82, 2.24) is 9.61 Å². The SMILES string of the molecule is CNc1cnn2cc(NC(=O)C3=CC=C(N=C(N)N)CC3C)c(C)c2c1Nc1ccc(Oc2cccc(OC)c2)cc1. The first-order chi connectivity index (χ1) is 20.2. The van der Waals surface area contributed by atoms with E-state index in [1.54, 1.807) is 30.0 Å². The summed E-state index contributed by atoms with van der Waals surface area (Å²) in [5.74, 6) is 1.87.